The first kappa shape index (κ1) is 17.2. The first-order valence-electron chi connectivity index (χ1n) is 7.89. The van der Waals surface area contributed by atoms with E-state index >= 15 is 0 Å². The van der Waals surface area contributed by atoms with E-state index in [4.69, 9.17) is 4.74 Å². The summed E-state index contributed by atoms with van der Waals surface area (Å²) in [7, 11) is 0. The van der Waals surface area contributed by atoms with Crippen LogP contribution < -0.4 is 10.1 Å². The van der Waals surface area contributed by atoms with Gasteiger partial charge < -0.3 is 10.1 Å². The summed E-state index contributed by atoms with van der Waals surface area (Å²) in [6.45, 7) is 2.37. The number of hydrogen-bond donors (Lipinski definition) is 1. The van der Waals surface area contributed by atoms with Gasteiger partial charge >= 0.3 is 0 Å². The van der Waals surface area contributed by atoms with Crippen LogP contribution in [0.3, 0.4) is 0 Å². The number of hydrogen-bond acceptors (Lipinski definition) is 3. The Hall–Kier alpha value is -2.60. The molecule has 1 amide bonds. The Bertz CT molecular complexity index is 831. The summed E-state index contributed by atoms with van der Waals surface area (Å²) in [6, 6.07) is 17.4. The zero-order valence-corrected chi connectivity index (χ0v) is 15.3. The van der Waals surface area contributed by atoms with Crippen LogP contribution in [0.2, 0.25) is 0 Å². The maximum Gasteiger partial charge on any atom is 0.265 e. The van der Waals surface area contributed by atoms with Crippen LogP contribution in [0, 0.1) is 0 Å². The molecule has 1 unspecified atom stereocenters. The fraction of sp³-hybridized carbons (Fsp3) is 0.158. The van der Waals surface area contributed by atoms with Gasteiger partial charge in [0.1, 0.15) is 5.75 Å². The molecular formula is C19H18BrN3O2. The monoisotopic (exact) mass is 399 g/mol. The number of rotatable bonds is 6. The lowest BCUT2D eigenvalue weighted by molar-refractivity contribution is -0.122. The summed E-state index contributed by atoms with van der Waals surface area (Å²) in [6.07, 6.45) is 2.82. The van der Waals surface area contributed by atoms with Crippen LogP contribution >= 0.6 is 15.9 Å². The van der Waals surface area contributed by atoms with Crippen LogP contribution in [0.25, 0.3) is 0 Å². The van der Waals surface area contributed by atoms with E-state index in [1.54, 1.807) is 24.0 Å². The fourth-order valence-corrected chi connectivity index (χ4v) is 2.56. The van der Waals surface area contributed by atoms with Gasteiger partial charge in [0.05, 0.1) is 18.4 Å². The first-order valence-corrected chi connectivity index (χ1v) is 8.69. The normalized spacial score (nSPS) is 11.8. The third kappa shape index (κ3) is 4.93. The number of halogens is 1. The summed E-state index contributed by atoms with van der Waals surface area (Å²) >= 11 is 3.37. The molecule has 1 atom stereocenters. The van der Waals surface area contributed by atoms with Crippen LogP contribution in [0.15, 0.2) is 71.5 Å². The molecular weight excluding hydrogens is 382 g/mol. The van der Waals surface area contributed by atoms with Crippen molar-refractivity contribution in [3.8, 4) is 5.75 Å². The van der Waals surface area contributed by atoms with Gasteiger partial charge in [-0.15, -0.1) is 0 Å². The van der Waals surface area contributed by atoms with Crippen molar-refractivity contribution < 1.29 is 9.53 Å². The molecule has 0 aliphatic carbocycles. The van der Waals surface area contributed by atoms with E-state index in [0.29, 0.717) is 18.0 Å². The number of ether oxygens (including phenoxy) is 1. The Morgan fingerprint density at radius 1 is 1.20 bits per heavy atom. The lowest BCUT2D eigenvalue weighted by atomic mass is 10.2. The predicted molar refractivity (Wildman–Crippen MR) is 101 cm³/mol. The molecule has 1 N–H and O–H groups in total. The molecule has 25 heavy (non-hydrogen) atoms. The average molecular weight is 400 g/mol. The average Bonchev–Trinajstić information content (AvgIpc) is 3.04. The zero-order valence-electron chi connectivity index (χ0n) is 13.7. The number of nitrogens with one attached hydrogen (secondary N) is 1. The second kappa shape index (κ2) is 7.98. The molecule has 0 aliphatic heterocycles. The predicted octanol–water partition coefficient (Wildman–Crippen LogP) is 4.10. The van der Waals surface area contributed by atoms with Gasteiger partial charge in [-0.05, 0) is 36.8 Å². The summed E-state index contributed by atoms with van der Waals surface area (Å²) in [5.41, 5.74) is 1.79. The molecule has 0 aliphatic rings. The molecule has 0 bridgehead atoms. The highest BCUT2D eigenvalue weighted by atomic mass is 79.9. The minimum absolute atomic E-state index is 0.220. The molecule has 0 saturated carbocycles. The maximum atomic E-state index is 12.3. The lowest BCUT2D eigenvalue weighted by Gasteiger charge is -2.14. The summed E-state index contributed by atoms with van der Waals surface area (Å²) < 4.78 is 8.39. The third-order valence-corrected chi connectivity index (χ3v) is 4.11. The van der Waals surface area contributed by atoms with E-state index in [1.165, 1.54) is 0 Å². The second-order valence-electron chi connectivity index (χ2n) is 5.62. The van der Waals surface area contributed by atoms with Gasteiger partial charge in [-0.25, -0.2) is 0 Å². The molecule has 1 aromatic heterocycles. The summed E-state index contributed by atoms with van der Waals surface area (Å²) in [4.78, 5) is 12.3. The molecule has 0 radical (unpaired) electrons. The van der Waals surface area contributed by atoms with Gasteiger partial charge in [-0.1, -0.05) is 46.3 Å². The highest BCUT2D eigenvalue weighted by Gasteiger charge is 2.15. The second-order valence-corrected chi connectivity index (χ2v) is 6.53. The lowest BCUT2D eigenvalue weighted by Crippen LogP contribution is -2.30. The van der Waals surface area contributed by atoms with Crippen LogP contribution in [0.5, 0.6) is 5.75 Å². The standard InChI is InChI=1S/C19H18BrN3O2/c1-14(25-18-9-7-16(20)8-10-18)19(24)22-17-11-21-23(13-17)12-15-5-3-2-4-6-15/h2-11,13-14H,12H2,1H3,(H,22,24). The van der Waals surface area contributed by atoms with Gasteiger partial charge in [-0.2, -0.15) is 5.10 Å². The maximum absolute atomic E-state index is 12.3. The number of anilines is 1. The number of carbonyl (C=O) groups excluding carboxylic acids is 1. The summed E-state index contributed by atoms with van der Waals surface area (Å²) in [5.74, 6) is 0.424. The van der Waals surface area contributed by atoms with Crippen molar-refractivity contribution in [2.45, 2.75) is 19.6 Å². The van der Waals surface area contributed by atoms with Gasteiger partial charge in [0, 0.05) is 10.7 Å². The largest absolute Gasteiger partial charge is 0.481 e. The quantitative estimate of drug-likeness (QED) is 0.678. The van der Waals surface area contributed by atoms with Crippen LogP contribution in [0.1, 0.15) is 12.5 Å². The number of carbonyl (C=O) groups is 1. The van der Waals surface area contributed by atoms with Gasteiger partial charge in [0.15, 0.2) is 6.10 Å². The van der Waals surface area contributed by atoms with Crippen molar-refractivity contribution in [1.82, 2.24) is 9.78 Å². The number of benzene rings is 2. The van der Waals surface area contributed by atoms with Crippen molar-refractivity contribution in [3.63, 3.8) is 0 Å². The van der Waals surface area contributed by atoms with Crippen LogP contribution in [-0.4, -0.2) is 21.8 Å². The molecule has 0 fully saturated rings. The van der Waals surface area contributed by atoms with Crippen molar-refractivity contribution in [2.75, 3.05) is 5.32 Å². The van der Waals surface area contributed by atoms with E-state index in [0.717, 1.165) is 10.0 Å². The van der Waals surface area contributed by atoms with Crippen molar-refractivity contribution in [3.05, 3.63) is 77.0 Å². The molecule has 3 aromatic rings. The minimum Gasteiger partial charge on any atom is -0.481 e. The zero-order chi connectivity index (χ0) is 17.6. The Morgan fingerprint density at radius 3 is 2.64 bits per heavy atom. The van der Waals surface area contributed by atoms with Gasteiger partial charge in [0.25, 0.3) is 5.91 Å². The smallest absolute Gasteiger partial charge is 0.265 e. The molecule has 1 heterocycles. The molecule has 6 heteroatoms. The number of aromatic nitrogens is 2. The van der Waals surface area contributed by atoms with Gasteiger partial charge in [-0.3, -0.25) is 9.48 Å². The molecule has 3 rings (SSSR count). The molecule has 5 nitrogen and oxygen atoms in total. The topological polar surface area (TPSA) is 56.1 Å². The van der Waals surface area contributed by atoms with Crippen molar-refractivity contribution in [2.24, 2.45) is 0 Å². The minimum atomic E-state index is -0.612. The Morgan fingerprint density at radius 2 is 1.92 bits per heavy atom. The fourth-order valence-electron chi connectivity index (χ4n) is 2.30. The number of nitrogens with zero attached hydrogens (tertiary/aromatic N) is 2. The third-order valence-electron chi connectivity index (χ3n) is 3.58. The molecule has 0 saturated heterocycles. The first-order chi connectivity index (χ1) is 12.1. The van der Waals surface area contributed by atoms with E-state index in [1.807, 2.05) is 54.6 Å². The Labute approximate surface area is 154 Å². The number of amides is 1. The van der Waals surface area contributed by atoms with E-state index < -0.39 is 6.10 Å². The molecule has 0 spiro atoms. The SMILES string of the molecule is CC(Oc1ccc(Br)cc1)C(=O)Nc1cnn(Cc2ccccc2)c1. The van der Waals surface area contributed by atoms with Crippen LogP contribution in [-0.2, 0) is 11.3 Å². The Balaban J connectivity index is 1.56. The van der Waals surface area contributed by atoms with Crippen molar-refractivity contribution in [1.29, 1.82) is 0 Å². The Kier molecular flexibility index (Phi) is 5.50. The van der Waals surface area contributed by atoms with E-state index in [-0.39, 0.29) is 5.91 Å². The molecule has 2 aromatic carbocycles. The van der Waals surface area contributed by atoms with Gasteiger partial charge in [0.2, 0.25) is 0 Å². The van der Waals surface area contributed by atoms with Crippen LogP contribution in [0.4, 0.5) is 5.69 Å². The summed E-state index contributed by atoms with van der Waals surface area (Å²) in [5, 5.41) is 7.10. The van der Waals surface area contributed by atoms with E-state index in [9.17, 15) is 4.79 Å². The highest BCUT2D eigenvalue weighted by molar-refractivity contribution is 9.10. The van der Waals surface area contributed by atoms with Crippen molar-refractivity contribution >= 4 is 27.5 Å². The van der Waals surface area contributed by atoms with E-state index in [2.05, 4.69) is 26.3 Å². The highest BCUT2D eigenvalue weighted by Crippen LogP contribution is 2.18. The molecule has 128 valence electrons.